The average Bonchev–Trinajstić information content (AvgIpc) is 2.10. The van der Waals surface area contributed by atoms with Crippen LogP contribution in [0.4, 0.5) is 0 Å². The first-order chi connectivity index (χ1) is 6.86. The van der Waals surface area contributed by atoms with Crippen LogP contribution in [0.3, 0.4) is 0 Å². The van der Waals surface area contributed by atoms with E-state index in [1.165, 1.54) is 0 Å². The van der Waals surface area contributed by atoms with Crippen LogP contribution in [0.1, 0.15) is 50.9 Å². The second kappa shape index (κ2) is 4.09. The van der Waals surface area contributed by atoms with Gasteiger partial charge in [-0.3, -0.25) is 4.79 Å². The lowest BCUT2D eigenvalue weighted by molar-refractivity contribution is 0.436. The van der Waals surface area contributed by atoms with Gasteiger partial charge in [0.15, 0.2) is 5.75 Å². The van der Waals surface area contributed by atoms with Crippen LogP contribution >= 0.6 is 0 Å². The number of hydrogen-bond acceptors (Lipinski definition) is 2. The number of hydrogen-bond donors (Lipinski definition) is 1. The zero-order valence-electron chi connectivity index (χ0n) is 10.0. The lowest BCUT2D eigenvalue weighted by atomic mass is 10.0. The first kappa shape index (κ1) is 11.8. The molecule has 0 unspecified atom stereocenters. The summed E-state index contributed by atoms with van der Waals surface area (Å²) in [4.78, 5) is 11.9. The van der Waals surface area contributed by atoms with E-state index in [0.29, 0.717) is 0 Å². The molecule has 0 atom stereocenters. The van der Waals surface area contributed by atoms with E-state index in [0.717, 1.165) is 11.3 Å². The second-order valence-electron chi connectivity index (χ2n) is 4.51. The fourth-order valence-electron chi connectivity index (χ4n) is 1.84. The third kappa shape index (κ3) is 2.06. The van der Waals surface area contributed by atoms with Crippen molar-refractivity contribution in [2.75, 3.05) is 0 Å². The number of rotatable bonds is 2. The van der Waals surface area contributed by atoms with Crippen LogP contribution in [0.15, 0.2) is 10.9 Å². The van der Waals surface area contributed by atoms with Gasteiger partial charge in [-0.15, -0.1) is 0 Å². The molecule has 1 N–H and O–H groups in total. The minimum Gasteiger partial charge on any atom is -0.503 e. The molecule has 1 aromatic rings. The van der Waals surface area contributed by atoms with E-state index in [9.17, 15) is 9.90 Å². The Morgan fingerprint density at radius 3 is 2.20 bits per heavy atom. The molecule has 0 aliphatic carbocycles. The Bertz CT molecular complexity index is 416. The lowest BCUT2D eigenvalue weighted by Gasteiger charge is -2.17. The van der Waals surface area contributed by atoms with E-state index in [1.54, 1.807) is 4.57 Å². The molecule has 0 saturated heterocycles. The van der Waals surface area contributed by atoms with Crippen LogP contribution in [-0.4, -0.2) is 9.67 Å². The van der Waals surface area contributed by atoms with E-state index < -0.39 is 0 Å². The molecule has 3 nitrogen and oxygen atoms in total. The van der Waals surface area contributed by atoms with E-state index in [1.807, 2.05) is 40.7 Å². The van der Waals surface area contributed by atoms with Gasteiger partial charge in [-0.25, -0.2) is 0 Å². The first-order valence-corrected chi connectivity index (χ1v) is 5.31. The van der Waals surface area contributed by atoms with Crippen molar-refractivity contribution in [3.8, 4) is 5.75 Å². The third-order valence-corrected chi connectivity index (χ3v) is 2.58. The summed E-state index contributed by atoms with van der Waals surface area (Å²) in [7, 11) is 0. The summed E-state index contributed by atoms with van der Waals surface area (Å²) in [6, 6.07) is 1.96. The van der Waals surface area contributed by atoms with Gasteiger partial charge in [0.25, 0.3) is 5.56 Å². The van der Waals surface area contributed by atoms with Crippen molar-refractivity contribution < 1.29 is 5.11 Å². The minimum atomic E-state index is -0.284. The number of nitrogens with zero attached hydrogens (tertiary/aromatic N) is 1. The lowest BCUT2D eigenvalue weighted by Crippen LogP contribution is -2.24. The van der Waals surface area contributed by atoms with Gasteiger partial charge in [-0.1, -0.05) is 13.8 Å². The SMILES string of the molecule is Cc1cc(C(C)C)c(O)c(=O)n1C(C)C. The van der Waals surface area contributed by atoms with Gasteiger partial charge in [0, 0.05) is 17.3 Å². The van der Waals surface area contributed by atoms with E-state index in [2.05, 4.69) is 0 Å². The van der Waals surface area contributed by atoms with Crippen molar-refractivity contribution in [1.29, 1.82) is 0 Å². The zero-order valence-corrected chi connectivity index (χ0v) is 10.0. The van der Waals surface area contributed by atoms with Gasteiger partial charge >= 0.3 is 0 Å². The van der Waals surface area contributed by atoms with Crippen LogP contribution in [-0.2, 0) is 0 Å². The summed E-state index contributed by atoms with van der Waals surface area (Å²) in [5.74, 6) is 0.0579. The Balaban J connectivity index is 3.52. The molecular weight excluding hydrogens is 190 g/mol. The molecule has 3 heteroatoms. The van der Waals surface area contributed by atoms with E-state index in [-0.39, 0.29) is 23.3 Å². The maximum absolute atomic E-state index is 11.9. The number of pyridine rings is 1. The highest BCUT2D eigenvalue weighted by Gasteiger charge is 2.15. The molecule has 0 amide bonds. The minimum absolute atomic E-state index is 0.0737. The zero-order chi connectivity index (χ0) is 11.7. The van der Waals surface area contributed by atoms with Crippen LogP contribution in [0.2, 0.25) is 0 Å². The number of aryl methyl sites for hydroxylation is 1. The highest BCUT2D eigenvalue weighted by atomic mass is 16.3. The number of aromatic hydroxyl groups is 1. The summed E-state index contributed by atoms with van der Waals surface area (Å²) in [5.41, 5.74) is 1.35. The molecule has 15 heavy (non-hydrogen) atoms. The summed E-state index contributed by atoms with van der Waals surface area (Å²) in [5, 5.41) is 9.79. The van der Waals surface area contributed by atoms with Crippen LogP contribution in [0.25, 0.3) is 0 Å². The summed E-state index contributed by atoms with van der Waals surface area (Å²) >= 11 is 0. The van der Waals surface area contributed by atoms with Gasteiger partial charge in [-0.05, 0) is 32.8 Å². The Labute approximate surface area is 90.4 Å². The first-order valence-electron chi connectivity index (χ1n) is 5.31. The Morgan fingerprint density at radius 2 is 1.80 bits per heavy atom. The highest BCUT2D eigenvalue weighted by molar-refractivity contribution is 5.34. The van der Waals surface area contributed by atoms with Gasteiger partial charge < -0.3 is 9.67 Å². The number of aromatic nitrogens is 1. The highest BCUT2D eigenvalue weighted by Crippen LogP contribution is 2.23. The molecule has 0 fully saturated rings. The Hall–Kier alpha value is -1.25. The van der Waals surface area contributed by atoms with Crippen molar-refractivity contribution in [3.63, 3.8) is 0 Å². The molecule has 0 bridgehead atoms. The topological polar surface area (TPSA) is 42.2 Å². The van der Waals surface area contributed by atoms with E-state index >= 15 is 0 Å². The largest absolute Gasteiger partial charge is 0.503 e. The van der Waals surface area contributed by atoms with Crippen LogP contribution in [0.5, 0.6) is 5.75 Å². The van der Waals surface area contributed by atoms with Gasteiger partial charge in [0.05, 0.1) is 0 Å². The van der Waals surface area contributed by atoms with Crippen molar-refractivity contribution in [2.45, 2.75) is 46.6 Å². The molecule has 0 radical (unpaired) electrons. The normalized spacial score (nSPS) is 11.4. The van der Waals surface area contributed by atoms with Gasteiger partial charge in [-0.2, -0.15) is 0 Å². The maximum atomic E-state index is 11.9. The van der Waals surface area contributed by atoms with Crippen molar-refractivity contribution in [1.82, 2.24) is 4.57 Å². The standard InChI is InChI=1S/C12H19NO2/c1-7(2)10-6-9(5)13(8(3)4)12(15)11(10)14/h6-8,14H,1-5H3. The fourth-order valence-corrected chi connectivity index (χ4v) is 1.84. The van der Waals surface area contributed by atoms with E-state index in [4.69, 9.17) is 0 Å². The Kier molecular flexibility index (Phi) is 3.22. The molecule has 0 saturated carbocycles. The molecule has 0 aliphatic rings. The van der Waals surface area contributed by atoms with Gasteiger partial charge in [0.1, 0.15) is 0 Å². The second-order valence-corrected chi connectivity index (χ2v) is 4.51. The molecule has 0 spiro atoms. The molecule has 84 valence electrons. The smallest absolute Gasteiger partial charge is 0.293 e. The Morgan fingerprint density at radius 1 is 1.27 bits per heavy atom. The molecular formula is C12H19NO2. The molecule has 0 aliphatic heterocycles. The fraction of sp³-hybridized carbons (Fsp3) is 0.583. The van der Waals surface area contributed by atoms with Gasteiger partial charge in [0.2, 0.25) is 0 Å². The molecule has 0 aromatic carbocycles. The van der Waals surface area contributed by atoms with Crippen molar-refractivity contribution >= 4 is 0 Å². The van der Waals surface area contributed by atoms with Crippen LogP contribution < -0.4 is 5.56 Å². The molecule has 1 rings (SSSR count). The molecule has 1 aromatic heterocycles. The van der Waals surface area contributed by atoms with Crippen LogP contribution in [0, 0.1) is 6.92 Å². The quantitative estimate of drug-likeness (QED) is 0.813. The maximum Gasteiger partial charge on any atom is 0.293 e. The third-order valence-electron chi connectivity index (χ3n) is 2.58. The summed E-state index contributed by atoms with van der Waals surface area (Å²) in [6.07, 6.45) is 0. The predicted molar refractivity (Wildman–Crippen MR) is 61.6 cm³/mol. The summed E-state index contributed by atoms with van der Waals surface area (Å²) < 4.78 is 1.61. The monoisotopic (exact) mass is 209 g/mol. The predicted octanol–water partition coefficient (Wildman–Crippen LogP) is 2.57. The van der Waals surface area contributed by atoms with Crippen molar-refractivity contribution in [3.05, 3.63) is 27.7 Å². The molecule has 1 heterocycles. The van der Waals surface area contributed by atoms with Crippen molar-refractivity contribution in [2.24, 2.45) is 0 Å². The summed E-state index contributed by atoms with van der Waals surface area (Å²) in [6.45, 7) is 9.69. The average molecular weight is 209 g/mol.